The highest BCUT2D eigenvalue weighted by Gasteiger charge is 2.24. The number of aliphatic hydroxyl groups excluding tert-OH is 1. The summed E-state index contributed by atoms with van der Waals surface area (Å²) < 4.78 is 30.7. The maximum atomic E-state index is 14.4. The predicted molar refractivity (Wildman–Crippen MR) is 108 cm³/mol. The zero-order chi connectivity index (χ0) is 20.4. The van der Waals surface area contributed by atoms with Crippen molar-refractivity contribution in [3.63, 3.8) is 0 Å². The lowest BCUT2D eigenvalue weighted by Gasteiger charge is -2.12. The normalized spacial score (nSPS) is 12.2. The summed E-state index contributed by atoms with van der Waals surface area (Å²) in [6, 6.07) is 4.55. The average molecular weight is 502 g/mol. The van der Waals surface area contributed by atoms with Crippen LogP contribution >= 0.6 is 22.6 Å². The summed E-state index contributed by atoms with van der Waals surface area (Å²) in [6.07, 6.45) is 1.63. The van der Waals surface area contributed by atoms with Gasteiger partial charge in [0.25, 0.3) is 5.91 Å². The molecule has 3 rings (SSSR count). The van der Waals surface area contributed by atoms with Gasteiger partial charge in [-0.3, -0.25) is 14.6 Å². The van der Waals surface area contributed by atoms with E-state index >= 15 is 0 Å². The van der Waals surface area contributed by atoms with Gasteiger partial charge in [-0.05, 0) is 47.7 Å². The number of fused-ring (bicyclic) bond motifs is 1. The first-order chi connectivity index (χ1) is 13.3. The van der Waals surface area contributed by atoms with Crippen LogP contribution in [0.3, 0.4) is 0 Å². The molecule has 3 N–H and O–H groups in total. The molecule has 3 aromatic rings. The average Bonchev–Trinajstić information content (AvgIpc) is 2.90. The molecule has 0 aliphatic rings. The fourth-order valence-corrected chi connectivity index (χ4v) is 3.21. The number of aryl methyl sites for hydroxylation is 1. The van der Waals surface area contributed by atoms with E-state index in [1.54, 1.807) is 6.07 Å². The number of hydrogen-bond acceptors (Lipinski definition) is 5. The second-order valence-corrected chi connectivity index (χ2v) is 7.39. The Kier molecular flexibility index (Phi) is 6.10. The third-order valence-electron chi connectivity index (χ3n) is 3.95. The van der Waals surface area contributed by atoms with Crippen LogP contribution in [0, 0.1) is 15.2 Å². The Hall–Kier alpha value is -2.31. The molecule has 10 heteroatoms. The van der Waals surface area contributed by atoms with E-state index in [-0.39, 0.29) is 29.2 Å². The fraction of sp³-hybridized carbons (Fsp3) is 0.222. The lowest BCUT2D eigenvalue weighted by molar-refractivity contribution is -0.00720. The van der Waals surface area contributed by atoms with E-state index in [1.807, 2.05) is 22.6 Å². The van der Waals surface area contributed by atoms with Gasteiger partial charge in [0.05, 0.1) is 29.2 Å². The van der Waals surface area contributed by atoms with E-state index in [1.165, 1.54) is 36.9 Å². The van der Waals surface area contributed by atoms with Gasteiger partial charge in [0.1, 0.15) is 18.1 Å². The van der Waals surface area contributed by atoms with E-state index in [2.05, 4.69) is 15.8 Å². The van der Waals surface area contributed by atoms with Crippen LogP contribution in [0.1, 0.15) is 17.4 Å². The van der Waals surface area contributed by atoms with Crippen molar-refractivity contribution in [3.8, 4) is 0 Å². The van der Waals surface area contributed by atoms with E-state index in [9.17, 15) is 18.7 Å². The van der Waals surface area contributed by atoms with Gasteiger partial charge in [-0.25, -0.2) is 14.3 Å². The number of halogens is 3. The van der Waals surface area contributed by atoms with Crippen molar-refractivity contribution in [1.29, 1.82) is 0 Å². The van der Waals surface area contributed by atoms with Crippen LogP contribution in [0.15, 0.2) is 30.6 Å². The molecule has 0 unspecified atom stereocenters. The van der Waals surface area contributed by atoms with Crippen LogP contribution in [-0.4, -0.2) is 33.3 Å². The Labute approximate surface area is 172 Å². The molecule has 2 heterocycles. The maximum Gasteiger partial charge on any atom is 0.293 e. The van der Waals surface area contributed by atoms with Crippen LogP contribution in [0.25, 0.3) is 10.9 Å². The van der Waals surface area contributed by atoms with Crippen molar-refractivity contribution in [2.45, 2.75) is 13.0 Å². The Morgan fingerprint density at radius 1 is 1.36 bits per heavy atom. The van der Waals surface area contributed by atoms with E-state index in [4.69, 9.17) is 4.84 Å². The molecule has 7 nitrogen and oxygen atoms in total. The predicted octanol–water partition coefficient (Wildman–Crippen LogP) is 3.24. The van der Waals surface area contributed by atoms with Gasteiger partial charge < -0.3 is 15.0 Å². The molecule has 0 saturated heterocycles. The molecule has 28 heavy (non-hydrogen) atoms. The molecule has 0 aliphatic carbocycles. The number of anilines is 2. The minimum absolute atomic E-state index is 0.0189. The molecule has 0 aliphatic heterocycles. The van der Waals surface area contributed by atoms with Gasteiger partial charge in [-0.2, -0.15) is 0 Å². The first-order valence-corrected chi connectivity index (χ1v) is 9.31. The summed E-state index contributed by atoms with van der Waals surface area (Å²) >= 11 is 1.98. The molecule has 148 valence electrons. The van der Waals surface area contributed by atoms with Gasteiger partial charge in [-0.1, -0.05) is 0 Å². The lowest BCUT2D eigenvalue weighted by Crippen LogP contribution is -2.29. The number of amides is 1. The maximum absolute atomic E-state index is 14.4. The number of rotatable bonds is 6. The molecule has 1 aromatic carbocycles. The highest BCUT2D eigenvalue weighted by molar-refractivity contribution is 14.1. The molecule has 0 saturated carbocycles. The molecule has 0 radical (unpaired) electrons. The topological polar surface area (TPSA) is 88.4 Å². The van der Waals surface area contributed by atoms with E-state index < -0.39 is 23.6 Å². The second-order valence-electron chi connectivity index (χ2n) is 6.14. The lowest BCUT2D eigenvalue weighted by atomic mass is 10.2. The molecule has 2 aromatic heterocycles. The molecule has 1 amide bonds. The summed E-state index contributed by atoms with van der Waals surface area (Å²) in [7, 11) is 1.50. The van der Waals surface area contributed by atoms with Gasteiger partial charge >= 0.3 is 0 Å². The number of hydrogen-bond donors (Lipinski definition) is 3. The summed E-state index contributed by atoms with van der Waals surface area (Å²) in [5, 5.41) is 12.4. The van der Waals surface area contributed by atoms with E-state index in [0.717, 1.165) is 6.20 Å². The van der Waals surface area contributed by atoms with Crippen molar-refractivity contribution in [2.24, 2.45) is 7.05 Å². The van der Waals surface area contributed by atoms with Gasteiger partial charge in [-0.15, -0.1) is 0 Å². The SMILES string of the molecule is C[C@H](O)CONC(=O)c1c(Nc2ccc(I)cc2F)c2cncc(F)c2n1C. The largest absolute Gasteiger partial charge is 0.391 e. The molecule has 1 atom stereocenters. The van der Waals surface area contributed by atoms with Crippen molar-refractivity contribution >= 4 is 50.8 Å². The minimum atomic E-state index is -0.784. The van der Waals surface area contributed by atoms with Crippen LogP contribution in [-0.2, 0) is 11.9 Å². The van der Waals surface area contributed by atoms with Crippen LogP contribution in [0.5, 0.6) is 0 Å². The Balaban J connectivity index is 2.08. The third kappa shape index (κ3) is 4.08. The Bertz CT molecular complexity index is 1040. The smallest absolute Gasteiger partial charge is 0.293 e. The number of pyridine rings is 1. The molecule has 0 spiro atoms. The molecule has 0 fully saturated rings. The number of aliphatic hydroxyl groups is 1. The first kappa shape index (κ1) is 20.4. The molecule has 0 bridgehead atoms. The second kappa shape index (κ2) is 8.37. The van der Waals surface area contributed by atoms with Gasteiger partial charge in [0.2, 0.25) is 0 Å². The number of carbonyl (C=O) groups is 1. The van der Waals surface area contributed by atoms with Gasteiger partial charge in [0, 0.05) is 22.2 Å². The number of hydroxylamine groups is 1. The van der Waals surface area contributed by atoms with Gasteiger partial charge in [0.15, 0.2) is 5.82 Å². The van der Waals surface area contributed by atoms with E-state index in [0.29, 0.717) is 8.96 Å². The van der Waals surface area contributed by atoms with Crippen LogP contribution < -0.4 is 10.8 Å². The number of aromatic nitrogens is 2. The first-order valence-electron chi connectivity index (χ1n) is 8.23. The summed E-state index contributed by atoms with van der Waals surface area (Å²) in [6.45, 7) is 1.37. The summed E-state index contributed by atoms with van der Waals surface area (Å²) in [4.78, 5) is 21.5. The monoisotopic (exact) mass is 502 g/mol. The Morgan fingerprint density at radius 2 is 2.11 bits per heavy atom. The Morgan fingerprint density at radius 3 is 2.79 bits per heavy atom. The zero-order valence-electron chi connectivity index (χ0n) is 15.0. The zero-order valence-corrected chi connectivity index (χ0v) is 17.1. The standard InChI is InChI=1S/C18H17F2IN4O3/c1-9(26)8-28-24-18(27)17-15(23-14-4-3-10(21)5-12(14)19)11-6-22-7-13(20)16(11)25(17)2/h3-7,9,23,26H,8H2,1-2H3,(H,24,27)/t9-/m0/s1. The fourth-order valence-electron chi connectivity index (χ4n) is 2.75. The van der Waals surface area contributed by atoms with Crippen molar-refractivity contribution in [1.82, 2.24) is 15.0 Å². The minimum Gasteiger partial charge on any atom is -0.391 e. The highest BCUT2D eigenvalue weighted by atomic mass is 127. The quantitative estimate of drug-likeness (QED) is 0.356. The van der Waals surface area contributed by atoms with Crippen molar-refractivity contribution < 1.29 is 23.5 Å². The summed E-state index contributed by atoms with van der Waals surface area (Å²) in [5.74, 6) is -1.84. The molecular formula is C18H17F2IN4O3. The molecular weight excluding hydrogens is 485 g/mol. The number of benzene rings is 1. The van der Waals surface area contributed by atoms with Crippen LogP contribution in [0.4, 0.5) is 20.2 Å². The third-order valence-corrected chi connectivity index (χ3v) is 4.62. The van der Waals surface area contributed by atoms with Crippen LogP contribution in [0.2, 0.25) is 0 Å². The van der Waals surface area contributed by atoms with Crippen molar-refractivity contribution in [2.75, 3.05) is 11.9 Å². The number of nitrogens with one attached hydrogen (secondary N) is 2. The number of carbonyl (C=O) groups excluding carboxylic acids is 1. The number of nitrogens with zero attached hydrogens (tertiary/aromatic N) is 2. The summed E-state index contributed by atoms with van der Waals surface area (Å²) in [5.41, 5.74) is 2.66. The van der Waals surface area contributed by atoms with Crippen molar-refractivity contribution in [3.05, 3.63) is 51.5 Å². The highest BCUT2D eigenvalue weighted by Crippen LogP contribution is 2.34.